The minimum atomic E-state index is -0.706. The molecule has 0 spiro atoms. The van der Waals surface area contributed by atoms with Gasteiger partial charge in [0.2, 0.25) is 11.8 Å². The summed E-state index contributed by atoms with van der Waals surface area (Å²) in [6, 6.07) is 11.6. The molecular weight excluding hydrogens is 797 g/mol. The third kappa shape index (κ3) is 7.66. The maximum atomic E-state index is 14.2. The number of hydrogen-bond donors (Lipinski definition) is 4. The van der Waals surface area contributed by atoms with E-state index in [1.807, 2.05) is 49.9 Å². The Morgan fingerprint density at radius 3 is 1.89 bits per heavy atom. The number of amides is 4. The molecule has 4 heterocycles. The zero-order chi connectivity index (χ0) is 44.3. The number of likely N-dealkylation sites (tertiary alicyclic amines) is 2. The molecule has 63 heavy (non-hydrogen) atoms. The first-order chi connectivity index (χ1) is 30.4. The Labute approximate surface area is 369 Å². The Morgan fingerprint density at radius 2 is 1.24 bits per heavy atom. The van der Waals surface area contributed by atoms with E-state index in [0.29, 0.717) is 17.8 Å². The number of rotatable bonds is 11. The van der Waals surface area contributed by atoms with Gasteiger partial charge in [0.1, 0.15) is 23.7 Å². The van der Waals surface area contributed by atoms with Crippen molar-refractivity contribution >= 4 is 24.0 Å². The zero-order valence-corrected chi connectivity index (χ0v) is 37.6. The molecule has 4 amide bonds. The predicted molar refractivity (Wildman–Crippen MR) is 238 cm³/mol. The Kier molecular flexibility index (Phi) is 11.6. The first-order valence-electron chi connectivity index (χ1n) is 23.1. The van der Waals surface area contributed by atoms with E-state index in [9.17, 15) is 19.2 Å². The monoisotopic (exact) mass is 858 g/mol. The molecular formula is C49H62N8O6. The van der Waals surface area contributed by atoms with E-state index in [-0.39, 0.29) is 47.8 Å². The predicted octanol–water partition coefficient (Wildman–Crippen LogP) is 8.75. The molecule has 3 aliphatic carbocycles. The number of methoxy groups -OCH3 is 2. The van der Waals surface area contributed by atoms with E-state index in [2.05, 4.69) is 63.9 Å². The number of nitrogens with zero attached hydrogens (tertiary/aromatic N) is 4. The average Bonchev–Trinajstić information content (AvgIpc) is 4.16. The molecule has 14 heteroatoms. The number of aromatic amines is 2. The number of H-pyrrole nitrogens is 2. The van der Waals surface area contributed by atoms with Crippen molar-refractivity contribution in [2.45, 2.75) is 140 Å². The lowest BCUT2D eigenvalue weighted by Gasteiger charge is -2.42. The van der Waals surface area contributed by atoms with Crippen molar-refractivity contribution in [3.63, 3.8) is 0 Å². The van der Waals surface area contributed by atoms with Gasteiger partial charge in [0.05, 0.1) is 50.1 Å². The van der Waals surface area contributed by atoms with Crippen LogP contribution in [-0.2, 0) is 19.1 Å². The van der Waals surface area contributed by atoms with Crippen molar-refractivity contribution in [1.82, 2.24) is 40.4 Å². The van der Waals surface area contributed by atoms with Gasteiger partial charge in [-0.15, -0.1) is 0 Å². The van der Waals surface area contributed by atoms with Crippen LogP contribution < -0.4 is 10.6 Å². The van der Waals surface area contributed by atoms with Gasteiger partial charge >= 0.3 is 12.2 Å². The minimum absolute atomic E-state index is 0.00671. The molecule has 4 bridgehead atoms. The summed E-state index contributed by atoms with van der Waals surface area (Å²) in [5.41, 5.74) is 9.39. The summed E-state index contributed by atoms with van der Waals surface area (Å²) in [7, 11) is 2.63. The van der Waals surface area contributed by atoms with Crippen molar-refractivity contribution < 1.29 is 28.7 Å². The maximum absolute atomic E-state index is 14.2. The first-order valence-corrected chi connectivity index (χ1v) is 23.1. The van der Waals surface area contributed by atoms with Crippen molar-refractivity contribution in [2.24, 2.45) is 17.8 Å². The normalized spacial score (nSPS) is 25.6. The first kappa shape index (κ1) is 42.6. The number of alkyl carbamates (subject to hydrolysis) is 2. The summed E-state index contributed by atoms with van der Waals surface area (Å²) in [5, 5.41) is 5.56. The van der Waals surface area contributed by atoms with Gasteiger partial charge in [-0.1, -0.05) is 64.1 Å². The molecule has 0 radical (unpaired) electrons. The van der Waals surface area contributed by atoms with E-state index in [1.54, 1.807) is 0 Å². The minimum Gasteiger partial charge on any atom is -0.453 e. The average molecular weight is 859 g/mol. The van der Waals surface area contributed by atoms with Crippen molar-refractivity contribution in [3.05, 3.63) is 71.6 Å². The number of piperidine rings is 2. The van der Waals surface area contributed by atoms with Crippen LogP contribution >= 0.6 is 0 Å². The van der Waals surface area contributed by atoms with Gasteiger partial charge in [-0.25, -0.2) is 19.6 Å². The molecule has 4 N–H and O–H groups in total. The molecule has 2 saturated heterocycles. The molecule has 9 atom stereocenters. The zero-order valence-electron chi connectivity index (χ0n) is 37.6. The maximum Gasteiger partial charge on any atom is 0.407 e. The van der Waals surface area contributed by atoms with E-state index in [4.69, 9.17) is 19.4 Å². The SMILES string of the molecule is COC(=O)NC(C(=O)N1C(C)CCCC1c1ncc(-c2ccc(-c3ccc(-c4cnc(C5C6CCC(C6)N5C(=O)C(NC(=O)OC)C(C)C)[nH]4)c4c3C3CCC4C3)cc2)[nH]1)C(C)C. The van der Waals surface area contributed by atoms with Crippen LogP contribution in [0.5, 0.6) is 0 Å². The second-order valence-corrected chi connectivity index (χ2v) is 19.3. The smallest absolute Gasteiger partial charge is 0.407 e. The van der Waals surface area contributed by atoms with Crippen LogP contribution in [-0.4, -0.2) is 92.1 Å². The lowest BCUT2D eigenvalue weighted by molar-refractivity contribution is -0.141. The van der Waals surface area contributed by atoms with E-state index in [1.165, 1.54) is 54.9 Å². The third-order valence-corrected chi connectivity index (χ3v) is 14.9. The van der Waals surface area contributed by atoms with Gasteiger partial charge in [0.25, 0.3) is 0 Å². The highest BCUT2D eigenvalue weighted by Crippen LogP contribution is 2.58. The summed E-state index contributed by atoms with van der Waals surface area (Å²) in [6.07, 6.45) is 11.7. The molecule has 334 valence electrons. The third-order valence-electron chi connectivity index (χ3n) is 14.9. The van der Waals surface area contributed by atoms with Gasteiger partial charge in [-0.3, -0.25) is 9.59 Å². The molecule has 9 rings (SSSR count). The highest BCUT2D eigenvalue weighted by atomic mass is 16.5. The quantitative estimate of drug-likeness (QED) is 0.116. The van der Waals surface area contributed by atoms with E-state index < -0.39 is 24.3 Å². The molecule has 4 aromatic rings. The molecule has 5 aliphatic rings. The van der Waals surface area contributed by atoms with Gasteiger partial charge in [-0.05, 0) is 122 Å². The summed E-state index contributed by atoms with van der Waals surface area (Å²) in [5.74, 6) is 2.47. The fraction of sp³-hybridized carbons (Fsp3) is 0.551. The summed E-state index contributed by atoms with van der Waals surface area (Å²) < 4.78 is 9.72. The Balaban J connectivity index is 0.964. The fourth-order valence-corrected chi connectivity index (χ4v) is 11.8. The molecule has 2 aromatic carbocycles. The largest absolute Gasteiger partial charge is 0.453 e. The molecule has 2 saturated carbocycles. The Bertz CT molecular complexity index is 2370. The topological polar surface area (TPSA) is 175 Å². The number of carbonyl (C=O) groups is 4. The number of nitrogens with one attached hydrogen (secondary N) is 4. The van der Waals surface area contributed by atoms with E-state index in [0.717, 1.165) is 73.5 Å². The number of imidazole rings is 2. The van der Waals surface area contributed by atoms with E-state index >= 15 is 0 Å². The van der Waals surface area contributed by atoms with Crippen LogP contribution in [0.15, 0.2) is 48.8 Å². The number of hydrogen-bond acceptors (Lipinski definition) is 8. The van der Waals surface area contributed by atoms with Crippen LogP contribution in [0.3, 0.4) is 0 Å². The van der Waals surface area contributed by atoms with Crippen molar-refractivity contribution in [3.8, 4) is 33.6 Å². The summed E-state index contributed by atoms with van der Waals surface area (Å²) >= 11 is 0. The fourth-order valence-electron chi connectivity index (χ4n) is 11.8. The number of benzene rings is 2. The number of aromatic nitrogens is 4. The van der Waals surface area contributed by atoms with Crippen LogP contribution in [0.25, 0.3) is 33.6 Å². The second kappa shape index (κ2) is 17.1. The molecule has 2 aromatic heterocycles. The highest BCUT2D eigenvalue weighted by molar-refractivity contribution is 5.88. The number of fused-ring (bicyclic) bond motifs is 7. The molecule has 2 aliphatic heterocycles. The van der Waals surface area contributed by atoms with Crippen LogP contribution in [0, 0.1) is 17.8 Å². The molecule has 14 nitrogen and oxygen atoms in total. The second-order valence-electron chi connectivity index (χ2n) is 19.3. The lowest BCUT2D eigenvalue weighted by atomic mass is 9.82. The van der Waals surface area contributed by atoms with Crippen LogP contribution in [0.2, 0.25) is 0 Å². The standard InChI is InChI=1S/C49H62N8O6/c1-25(2)41(54-48(60)62-6)46(58)56-27(5)9-8-10-38(56)44-50-23-36(52-44)29-13-11-28(12-14-29)34-19-20-35(40-31-16-15-30(21-31)39(34)40)37-24-51-45(53-37)43-32-17-18-33(22-32)57(43)47(59)42(26(3)4)55-49(61)63-7/h11-14,19-20,23-27,30-33,38,41-43H,8-10,15-18,21-22H2,1-7H3,(H,50,52)(H,51,53)(H,54,60)(H,55,61). The van der Waals surface area contributed by atoms with Crippen LogP contribution in [0.1, 0.15) is 139 Å². The van der Waals surface area contributed by atoms with Gasteiger partial charge < -0.3 is 39.9 Å². The number of carbonyl (C=O) groups excluding carboxylic acids is 4. The summed E-state index contributed by atoms with van der Waals surface area (Å²) in [6.45, 7) is 9.82. The van der Waals surface area contributed by atoms with Gasteiger partial charge in [0.15, 0.2) is 0 Å². The lowest BCUT2D eigenvalue weighted by Crippen LogP contribution is -2.55. The van der Waals surface area contributed by atoms with Gasteiger partial charge in [0, 0.05) is 17.6 Å². The Hall–Kier alpha value is -5.66. The van der Waals surface area contributed by atoms with Crippen molar-refractivity contribution in [1.29, 1.82) is 0 Å². The Morgan fingerprint density at radius 1 is 0.667 bits per heavy atom. The van der Waals surface area contributed by atoms with Gasteiger partial charge in [-0.2, -0.15) is 0 Å². The summed E-state index contributed by atoms with van der Waals surface area (Å²) in [4.78, 5) is 73.6. The molecule has 4 fully saturated rings. The van der Waals surface area contributed by atoms with Crippen molar-refractivity contribution in [2.75, 3.05) is 14.2 Å². The molecule has 9 unspecified atom stereocenters. The highest BCUT2D eigenvalue weighted by Gasteiger charge is 2.52. The van der Waals surface area contributed by atoms with Crippen LogP contribution in [0.4, 0.5) is 9.59 Å². The number of ether oxygens (including phenoxy) is 2.